The summed E-state index contributed by atoms with van der Waals surface area (Å²) in [4.78, 5) is 13.5. The highest BCUT2D eigenvalue weighted by atomic mass is 79.9. The summed E-state index contributed by atoms with van der Waals surface area (Å²) in [5.41, 5.74) is 0.312. The molecule has 1 amide bonds. The van der Waals surface area contributed by atoms with Crippen LogP contribution < -0.4 is 5.32 Å². The normalized spacial score (nSPS) is 15.9. The highest BCUT2D eigenvalue weighted by Gasteiger charge is 2.28. The van der Waals surface area contributed by atoms with Crippen molar-refractivity contribution in [3.05, 3.63) is 50.6 Å². The molecule has 25 heavy (non-hydrogen) atoms. The van der Waals surface area contributed by atoms with Crippen molar-refractivity contribution in [2.75, 3.05) is 26.3 Å². The number of carbonyl (C=O) groups is 1. The number of ether oxygens (including phenoxy) is 1. The number of hydrogen-bond acceptors (Lipinski definition) is 5. The van der Waals surface area contributed by atoms with Gasteiger partial charge in [0.25, 0.3) is 5.91 Å². The average Bonchev–Trinajstić information content (AvgIpc) is 3.14. The molecule has 6 nitrogen and oxygen atoms in total. The third kappa shape index (κ3) is 4.29. The third-order valence-electron chi connectivity index (χ3n) is 3.78. The number of thiophene rings is 1. The van der Waals surface area contributed by atoms with Gasteiger partial charge in [0.2, 0.25) is 10.0 Å². The minimum atomic E-state index is -3.68. The van der Waals surface area contributed by atoms with Crippen LogP contribution in [0.2, 0.25) is 0 Å². The molecule has 9 heteroatoms. The molecule has 0 saturated carbocycles. The van der Waals surface area contributed by atoms with Crippen molar-refractivity contribution in [3.63, 3.8) is 0 Å². The first-order valence-electron chi connectivity index (χ1n) is 7.66. The fourth-order valence-electron chi connectivity index (χ4n) is 2.45. The molecule has 1 aromatic carbocycles. The lowest BCUT2D eigenvalue weighted by Gasteiger charge is -2.26. The molecule has 1 saturated heterocycles. The van der Waals surface area contributed by atoms with Gasteiger partial charge in [0.05, 0.1) is 24.7 Å². The number of sulfonamides is 1. The second kappa shape index (κ2) is 7.96. The molecule has 0 radical (unpaired) electrons. The Hall–Kier alpha value is -1.26. The Morgan fingerprint density at radius 2 is 2.04 bits per heavy atom. The van der Waals surface area contributed by atoms with Gasteiger partial charge in [-0.2, -0.15) is 4.31 Å². The first-order chi connectivity index (χ1) is 12.0. The molecule has 0 spiro atoms. The van der Waals surface area contributed by atoms with Crippen molar-refractivity contribution in [1.29, 1.82) is 0 Å². The summed E-state index contributed by atoms with van der Waals surface area (Å²) in [6, 6.07) is 8.46. The van der Waals surface area contributed by atoms with Crippen LogP contribution >= 0.6 is 27.3 Å². The van der Waals surface area contributed by atoms with Gasteiger partial charge in [0.15, 0.2) is 0 Å². The maximum atomic E-state index is 12.8. The molecule has 1 aromatic heterocycles. The fraction of sp³-hybridized carbons (Fsp3) is 0.312. The third-order valence-corrected chi connectivity index (χ3v) is 7.55. The Kier molecular flexibility index (Phi) is 5.90. The summed E-state index contributed by atoms with van der Waals surface area (Å²) in [6.45, 7) is 1.78. The Labute approximate surface area is 159 Å². The van der Waals surface area contributed by atoms with E-state index in [-0.39, 0.29) is 10.8 Å². The number of halogens is 1. The molecular weight excluding hydrogens is 428 g/mol. The number of nitrogens with one attached hydrogen (secondary N) is 1. The zero-order chi connectivity index (χ0) is 17.9. The zero-order valence-corrected chi connectivity index (χ0v) is 16.5. The van der Waals surface area contributed by atoms with E-state index in [1.54, 1.807) is 23.5 Å². The highest BCUT2D eigenvalue weighted by Crippen LogP contribution is 2.27. The van der Waals surface area contributed by atoms with Crippen molar-refractivity contribution in [1.82, 2.24) is 9.62 Å². The summed E-state index contributed by atoms with van der Waals surface area (Å²) in [5.74, 6) is -0.306. The smallest absolute Gasteiger partial charge is 0.251 e. The Morgan fingerprint density at radius 3 is 2.72 bits per heavy atom. The molecule has 2 aromatic rings. The van der Waals surface area contributed by atoms with Crippen LogP contribution in [0.1, 0.15) is 15.2 Å². The van der Waals surface area contributed by atoms with E-state index < -0.39 is 10.0 Å². The van der Waals surface area contributed by atoms with E-state index >= 15 is 0 Å². The minimum absolute atomic E-state index is 0.0955. The summed E-state index contributed by atoms with van der Waals surface area (Å²) in [6.07, 6.45) is 0. The van der Waals surface area contributed by atoms with E-state index in [4.69, 9.17) is 4.74 Å². The molecule has 0 atom stereocenters. The lowest BCUT2D eigenvalue weighted by molar-refractivity contribution is 0.0730. The van der Waals surface area contributed by atoms with Crippen LogP contribution in [-0.4, -0.2) is 44.9 Å². The number of carbonyl (C=O) groups excluding carboxylic acids is 1. The Bertz CT molecular complexity index is 847. The van der Waals surface area contributed by atoms with E-state index in [1.165, 1.54) is 10.4 Å². The van der Waals surface area contributed by atoms with Gasteiger partial charge in [-0.3, -0.25) is 4.79 Å². The number of nitrogens with zero attached hydrogens (tertiary/aromatic N) is 1. The van der Waals surface area contributed by atoms with E-state index in [0.29, 0.717) is 42.9 Å². The predicted molar refractivity (Wildman–Crippen MR) is 99.2 cm³/mol. The number of hydrogen-bond donors (Lipinski definition) is 1. The van der Waals surface area contributed by atoms with Crippen LogP contribution in [0.4, 0.5) is 0 Å². The molecule has 0 unspecified atom stereocenters. The van der Waals surface area contributed by atoms with Gasteiger partial charge >= 0.3 is 0 Å². The largest absolute Gasteiger partial charge is 0.379 e. The standard InChI is InChI=1S/C16H17BrN2O4S2/c17-14-4-3-12(16(20)18-11-13-2-1-9-24-13)10-15(14)25(21,22)19-5-7-23-8-6-19/h1-4,9-10H,5-8,11H2,(H,18,20). The summed E-state index contributed by atoms with van der Waals surface area (Å²) in [5, 5.41) is 4.75. The van der Waals surface area contributed by atoms with Crippen LogP contribution in [-0.2, 0) is 21.3 Å². The summed E-state index contributed by atoms with van der Waals surface area (Å²) >= 11 is 4.84. The molecule has 1 aliphatic heterocycles. The number of rotatable bonds is 5. The second-order valence-corrected chi connectivity index (χ2v) is 9.22. The summed E-state index contributed by atoms with van der Waals surface area (Å²) in [7, 11) is -3.68. The van der Waals surface area contributed by atoms with E-state index in [9.17, 15) is 13.2 Å². The SMILES string of the molecule is O=C(NCc1cccs1)c1ccc(Br)c(S(=O)(=O)N2CCOCC2)c1. The number of benzene rings is 1. The van der Waals surface area contributed by atoms with Crippen molar-refractivity contribution >= 4 is 43.2 Å². The first kappa shape index (κ1) is 18.5. The maximum Gasteiger partial charge on any atom is 0.251 e. The molecule has 134 valence electrons. The molecular formula is C16H17BrN2O4S2. The lowest BCUT2D eigenvalue weighted by atomic mass is 10.2. The molecule has 1 fully saturated rings. The molecule has 2 heterocycles. The van der Waals surface area contributed by atoms with Gasteiger partial charge in [0, 0.05) is 28.0 Å². The van der Waals surface area contributed by atoms with E-state index in [1.807, 2.05) is 17.5 Å². The number of morpholine rings is 1. The predicted octanol–water partition coefficient (Wildman–Crippen LogP) is 2.46. The van der Waals surface area contributed by atoms with Crippen LogP contribution in [0.5, 0.6) is 0 Å². The molecule has 3 rings (SSSR count). The van der Waals surface area contributed by atoms with Gasteiger partial charge in [-0.1, -0.05) is 6.07 Å². The first-order valence-corrected chi connectivity index (χ1v) is 10.8. The Balaban J connectivity index is 1.81. The van der Waals surface area contributed by atoms with Gasteiger partial charge in [0.1, 0.15) is 0 Å². The van der Waals surface area contributed by atoms with Crippen LogP contribution in [0, 0.1) is 0 Å². The van der Waals surface area contributed by atoms with Crippen molar-refractivity contribution < 1.29 is 17.9 Å². The van der Waals surface area contributed by atoms with E-state index in [0.717, 1.165) is 4.88 Å². The van der Waals surface area contributed by atoms with Crippen LogP contribution in [0.3, 0.4) is 0 Å². The minimum Gasteiger partial charge on any atom is -0.379 e. The lowest BCUT2D eigenvalue weighted by Crippen LogP contribution is -2.40. The van der Waals surface area contributed by atoms with Gasteiger partial charge in [-0.25, -0.2) is 8.42 Å². The van der Waals surface area contributed by atoms with Crippen LogP contribution in [0.15, 0.2) is 45.1 Å². The molecule has 1 N–H and O–H groups in total. The fourth-order valence-corrected chi connectivity index (χ4v) is 5.45. The Morgan fingerprint density at radius 1 is 1.28 bits per heavy atom. The molecule has 0 aliphatic carbocycles. The van der Waals surface area contributed by atoms with Crippen molar-refractivity contribution in [3.8, 4) is 0 Å². The highest BCUT2D eigenvalue weighted by molar-refractivity contribution is 9.10. The maximum absolute atomic E-state index is 12.8. The topological polar surface area (TPSA) is 75.7 Å². The summed E-state index contributed by atoms with van der Waals surface area (Å²) < 4.78 is 32.7. The van der Waals surface area contributed by atoms with Gasteiger partial charge in [-0.05, 0) is 45.6 Å². The quantitative estimate of drug-likeness (QED) is 0.768. The zero-order valence-electron chi connectivity index (χ0n) is 13.3. The number of amides is 1. The van der Waals surface area contributed by atoms with Crippen molar-refractivity contribution in [2.24, 2.45) is 0 Å². The molecule has 1 aliphatic rings. The average molecular weight is 445 g/mol. The van der Waals surface area contributed by atoms with Gasteiger partial charge in [-0.15, -0.1) is 11.3 Å². The van der Waals surface area contributed by atoms with Gasteiger partial charge < -0.3 is 10.1 Å². The second-order valence-electron chi connectivity index (χ2n) is 5.42. The van der Waals surface area contributed by atoms with Crippen molar-refractivity contribution in [2.45, 2.75) is 11.4 Å². The molecule has 0 bridgehead atoms. The van der Waals surface area contributed by atoms with E-state index in [2.05, 4.69) is 21.2 Å². The monoisotopic (exact) mass is 444 g/mol. The van der Waals surface area contributed by atoms with Crippen LogP contribution in [0.25, 0.3) is 0 Å².